The largest absolute Gasteiger partial charge is 0.454 e. The van der Waals surface area contributed by atoms with E-state index in [1.54, 1.807) is 0 Å². The van der Waals surface area contributed by atoms with E-state index in [4.69, 9.17) is 9.47 Å². The van der Waals surface area contributed by atoms with Gasteiger partial charge < -0.3 is 14.8 Å². The molecule has 1 aliphatic rings. The molecule has 3 nitrogen and oxygen atoms in total. The quantitative estimate of drug-likeness (QED) is 0.146. The van der Waals surface area contributed by atoms with Gasteiger partial charge in [0.2, 0.25) is 6.79 Å². The number of ether oxygens (including phenoxy) is 2. The summed E-state index contributed by atoms with van der Waals surface area (Å²) in [5, 5.41) is 3.96. The second-order valence-corrected chi connectivity index (χ2v) is 14.1. The second kappa shape index (κ2) is 21.7. The summed E-state index contributed by atoms with van der Waals surface area (Å²) in [6.45, 7) is 23.4. The fourth-order valence-electron chi connectivity index (χ4n) is 5.63. The Morgan fingerprint density at radius 1 is 0.609 bits per heavy atom. The van der Waals surface area contributed by atoms with Crippen LogP contribution in [0.3, 0.4) is 0 Å². The van der Waals surface area contributed by atoms with Crippen LogP contribution in [0.1, 0.15) is 133 Å². The molecule has 0 aromatic heterocycles. The van der Waals surface area contributed by atoms with Crippen molar-refractivity contribution in [1.29, 1.82) is 0 Å². The lowest BCUT2D eigenvalue weighted by Gasteiger charge is -2.25. The number of allylic oxidation sites excluding steroid dienone is 12. The first-order chi connectivity index (χ1) is 21.9. The lowest BCUT2D eigenvalue weighted by Crippen LogP contribution is -2.34. The average Bonchev–Trinajstić information content (AvgIpc) is 3.45. The highest BCUT2D eigenvalue weighted by molar-refractivity contribution is 5.44. The molecule has 2 unspecified atom stereocenters. The highest BCUT2D eigenvalue weighted by atomic mass is 16.7. The number of hydrogen-bond donors (Lipinski definition) is 1. The summed E-state index contributed by atoms with van der Waals surface area (Å²) >= 11 is 0. The van der Waals surface area contributed by atoms with Crippen LogP contribution in [0.5, 0.6) is 11.5 Å². The minimum absolute atomic E-state index is 0.219. The third-order valence-corrected chi connectivity index (χ3v) is 8.45. The smallest absolute Gasteiger partial charge is 0.231 e. The molecule has 0 spiro atoms. The molecule has 2 atom stereocenters. The Kier molecular flexibility index (Phi) is 18.5. The summed E-state index contributed by atoms with van der Waals surface area (Å²) in [7, 11) is 0. The molecular weight excluding hydrogens is 562 g/mol. The molecule has 0 bridgehead atoms. The number of rotatable bonds is 20. The molecule has 0 saturated heterocycles. The van der Waals surface area contributed by atoms with Gasteiger partial charge in [-0.2, -0.15) is 0 Å². The predicted octanol–water partition coefficient (Wildman–Crippen LogP) is 12.7. The van der Waals surface area contributed by atoms with Gasteiger partial charge in [0.25, 0.3) is 0 Å². The molecule has 0 amide bonds. The molecule has 254 valence electrons. The number of hydrogen-bond acceptors (Lipinski definition) is 3. The summed E-state index contributed by atoms with van der Waals surface area (Å²) < 4.78 is 11.2. The molecule has 0 saturated carbocycles. The molecule has 3 heteroatoms. The molecule has 0 aliphatic carbocycles. The van der Waals surface area contributed by atoms with Gasteiger partial charge in [-0.25, -0.2) is 0 Å². The van der Waals surface area contributed by atoms with Gasteiger partial charge in [0.15, 0.2) is 11.5 Å². The SMILES string of the molecule is CC(C)=CCCC(C)=CCCC(C)=CCC(C=C(C)CCC=C(C)C)C(C=C(C)CCC=C(C)C)NCc1ccc2c(c1)OCO2. The van der Waals surface area contributed by atoms with E-state index in [1.807, 2.05) is 6.07 Å². The maximum absolute atomic E-state index is 5.67. The van der Waals surface area contributed by atoms with Crippen molar-refractivity contribution in [2.24, 2.45) is 5.92 Å². The van der Waals surface area contributed by atoms with Crippen LogP contribution >= 0.6 is 0 Å². The average molecular weight is 628 g/mol. The molecule has 1 aliphatic heterocycles. The van der Waals surface area contributed by atoms with Crippen molar-refractivity contribution in [3.8, 4) is 11.5 Å². The zero-order valence-electron chi connectivity index (χ0n) is 31.0. The molecule has 0 fully saturated rings. The lowest BCUT2D eigenvalue weighted by molar-refractivity contribution is 0.174. The Morgan fingerprint density at radius 3 is 1.70 bits per heavy atom. The van der Waals surface area contributed by atoms with E-state index in [9.17, 15) is 0 Å². The highest BCUT2D eigenvalue weighted by Gasteiger charge is 2.19. The minimum Gasteiger partial charge on any atom is -0.454 e. The summed E-state index contributed by atoms with van der Waals surface area (Å²) in [4.78, 5) is 0. The van der Waals surface area contributed by atoms with Gasteiger partial charge in [-0.15, -0.1) is 0 Å². The van der Waals surface area contributed by atoms with Crippen molar-refractivity contribution in [2.45, 2.75) is 140 Å². The first kappa shape index (κ1) is 39.1. The molecule has 1 aromatic carbocycles. The Bertz CT molecular complexity index is 1290. The van der Waals surface area contributed by atoms with Crippen LogP contribution in [-0.2, 0) is 6.54 Å². The van der Waals surface area contributed by atoms with Crippen LogP contribution in [-0.4, -0.2) is 12.8 Å². The van der Waals surface area contributed by atoms with Gasteiger partial charge in [-0.3, -0.25) is 0 Å². The van der Waals surface area contributed by atoms with Crippen molar-refractivity contribution < 1.29 is 9.47 Å². The van der Waals surface area contributed by atoms with E-state index in [-0.39, 0.29) is 6.04 Å². The maximum atomic E-state index is 5.67. The van der Waals surface area contributed by atoms with Crippen LogP contribution in [0.4, 0.5) is 0 Å². The topological polar surface area (TPSA) is 30.5 Å². The van der Waals surface area contributed by atoms with Gasteiger partial charge in [-0.05, 0) is 151 Å². The molecule has 1 N–H and O–H groups in total. The van der Waals surface area contributed by atoms with E-state index < -0.39 is 0 Å². The third-order valence-electron chi connectivity index (χ3n) is 8.45. The molecule has 1 aromatic rings. The molecule has 46 heavy (non-hydrogen) atoms. The van der Waals surface area contributed by atoms with E-state index >= 15 is 0 Å². The number of fused-ring (bicyclic) bond motifs is 1. The van der Waals surface area contributed by atoms with Crippen molar-refractivity contribution in [2.75, 3.05) is 6.79 Å². The predicted molar refractivity (Wildman–Crippen MR) is 202 cm³/mol. The normalized spacial score (nSPS) is 15.0. The van der Waals surface area contributed by atoms with E-state index in [2.05, 4.69) is 129 Å². The van der Waals surface area contributed by atoms with Crippen LogP contribution in [0.2, 0.25) is 0 Å². The number of nitrogens with one attached hydrogen (secondary N) is 1. The maximum Gasteiger partial charge on any atom is 0.231 e. The van der Waals surface area contributed by atoms with Gasteiger partial charge >= 0.3 is 0 Å². The molecule has 2 rings (SSSR count). The monoisotopic (exact) mass is 628 g/mol. The third kappa shape index (κ3) is 17.0. The van der Waals surface area contributed by atoms with Crippen molar-refractivity contribution in [3.63, 3.8) is 0 Å². The van der Waals surface area contributed by atoms with Crippen molar-refractivity contribution >= 4 is 0 Å². The Balaban J connectivity index is 2.28. The summed E-state index contributed by atoms with van der Waals surface area (Å²) in [6, 6.07) is 6.52. The van der Waals surface area contributed by atoms with Gasteiger partial charge in [-0.1, -0.05) is 87.6 Å². The highest BCUT2D eigenvalue weighted by Crippen LogP contribution is 2.32. The minimum atomic E-state index is 0.219. The van der Waals surface area contributed by atoms with Crippen molar-refractivity contribution in [3.05, 3.63) is 105 Å². The van der Waals surface area contributed by atoms with Crippen LogP contribution in [0.25, 0.3) is 0 Å². The zero-order chi connectivity index (χ0) is 33.9. The fraction of sp³-hybridized carbons (Fsp3) is 0.535. The second-order valence-electron chi connectivity index (χ2n) is 14.1. The summed E-state index contributed by atoms with van der Waals surface area (Å²) in [5.74, 6) is 2.03. The van der Waals surface area contributed by atoms with E-state index in [1.165, 1.54) is 44.6 Å². The molecule has 1 heterocycles. The van der Waals surface area contributed by atoms with Gasteiger partial charge in [0.1, 0.15) is 0 Å². The Hall–Kier alpha value is -3.04. The fourth-order valence-corrected chi connectivity index (χ4v) is 5.63. The van der Waals surface area contributed by atoms with E-state index in [0.29, 0.717) is 12.7 Å². The Labute approximate surface area is 283 Å². The van der Waals surface area contributed by atoms with Crippen LogP contribution in [0, 0.1) is 5.92 Å². The van der Waals surface area contributed by atoms with Gasteiger partial charge in [0, 0.05) is 12.6 Å². The van der Waals surface area contributed by atoms with Gasteiger partial charge in [0.05, 0.1) is 0 Å². The summed E-state index contributed by atoms with van der Waals surface area (Å²) in [6.07, 6.45) is 26.9. The van der Waals surface area contributed by atoms with Crippen LogP contribution in [0.15, 0.2) is 99.7 Å². The number of benzene rings is 1. The molecular formula is C43H65NO2. The van der Waals surface area contributed by atoms with E-state index in [0.717, 1.165) is 75.8 Å². The lowest BCUT2D eigenvalue weighted by atomic mass is 9.89. The van der Waals surface area contributed by atoms with Crippen molar-refractivity contribution in [1.82, 2.24) is 5.32 Å². The van der Waals surface area contributed by atoms with Crippen LogP contribution < -0.4 is 14.8 Å². The summed E-state index contributed by atoms with van der Waals surface area (Å²) in [5.41, 5.74) is 11.3. The standard InChI is InChI=1S/C43H65NO2/c1-32(2)15-11-18-35(7)19-14-20-36(8)23-25-40(27-37(9)21-12-16-33(3)4)41(28-38(10)22-13-17-34(5)6)44-30-39-24-26-42-43(29-39)46-31-45-42/h15-17,19,23-24,26-29,40-41,44H,11-14,18,20-22,25,30-31H2,1-10H3. The Morgan fingerprint density at radius 2 is 1.11 bits per heavy atom. The first-order valence-corrected chi connectivity index (χ1v) is 17.6. The zero-order valence-corrected chi connectivity index (χ0v) is 31.0. The first-order valence-electron chi connectivity index (χ1n) is 17.6. The molecule has 0 radical (unpaired) electrons.